The van der Waals surface area contributed by atoms with Crippen molar-refractivity contribution in [3.8, 4) is 0 Å². The lowest BCUT2D eigenvalue weighted by atomic mass is 10.0. The highest BCUT2D eigenvalue weighted by Gasteiger charge is 2.19. The van der Waals surface area contributed by atoms with Gasteiger partial charge in [-0.15, -0.1) is 0 Å². The summed E-state index contributed by atoms with van der Waals surface area (Å²) >= 11 is 0. The zero-order valence-corrected chi connectivity index (χ0v) is 50.7. The summed E-state index contributed by atoms with van der Waals surface area (Å²) in [5.41, 5.74) is 0. The van der Waals surface area contributed by atoms with E-state index in [4.69, 9.17) is 14.2 Å². The summed E-state index contributed by atoms with van der Waals surface area (Å²) in [5, 5.41) is 0. The standard InChI is InChI=1S/C71H122O6/c1-4-7-10-13-16-19-22-25-28-30-32-33-34-35-36-37-39-40-43-46-49-52-55-58-61-64-70(73)76-67-68(66-75-69(72)63-60-57-54-51-48-45-42-27-24-21-18-15-12-9-6-3)77-71(74)65-62-59-56-53-50-47-44-41-38-31-29-26-23-20-17-14-11-8-5-2/h7,10,16-17,19-20,25-29,32-33,38,41-42,68H,4-6,8-9,11-15,18,21-24,30-31,34-37,39-40,43-67H2,1-3H3/b10-7-,19-16-,20-17-,28-25-,29-26-,33-32-,41-38-,42-27-. The van der Waals surface area contributed by atoms with Gasteiger partial charge in [-0.05, 0) is 122 Å². The Morgan fingerprint density at radius 1 is 0.273 bits per heavy atom. The Morgan fingerprint density at radius 2 is 0.506 bits per heavy atom. The van der Waals surface area contributed by atoms with Crippen LogP contribution in [0, 0.1) is 0 Å². The maximum Gasteiger partial charge on any atom is 0.306 e. The molecule has 1 unspecified atom stereocenters. The van der Waals surface area contributed by atoms with E-state index in [9.17, 15) is 14.4 Å². The van der Waals surface area contributed by atoms with Crippen molar-refractivity contribution in [1.82, 2.24) is 0 Å². The lowest BCUT2D eigenvalue weighted by Gasteiger charge is -2.18. The molecule has 442 valence electrons. The van der Waals surface area contributed by atoms with Crippen LogP contribution in [0.5, 0.6) is 0 Å². The van der Waals surface area contributed by atoms with Crippen molar-refractivity contribution < 1.29 is 28.6 Å². The van der Waals surface area contributed by atoms with E-state index in [0.717, 1.165) is 116 Å². The third-order valence-corrected chi connectivity index (χ3v) is 14.0. The Morgan fingerprint density at radius 3 is 0.831 bits per heavy atom. The maximum atomic E-state index is 12.9. The second kappa shape index (κ2) is 64.9. The van der Waals surface area contributed by atoms with Crippen LogP contribution >= 0.6 is 0 Å². The largest absolute Gasteiger partial charge is 0.462 e. The van der Waals surface area contributed by atoms with Crippen LogP contribution in [0.3, 0.4) is 0 Å². The van der Waals surface area contributed by atoms with Gasteiger partial charge in [-0.3, -0.25) is 14.4 Å². The van der Waals surface area contributed by atoms with Crippen molar-refractivity contribution >= 4 is 17.9 Å². The van der Waals surface area contributed by atoms with Crippen LogP contribution in [-0.2, 0) is 28.6 Å². The molecule has 6 nitrogen and oxygen atoms in total. The van der Waals surface area contributed by atoms with Gasteiger partial charge in [-0.1, -0.05) is 272 Å². The summed E-state index contributed by atoms with van der Waals surface area (Å²) in [5.74, 6) is -0.897. The number of rotatable bonds is 59. The van der Waals surface area contributed by atoms with E-state index in [2.05, 4.69) is 118 Å². The van der Waals surface area contributed by atoms with E-state index in [1.54, 1.807) is 0 Å². The van der Waals surface area contributed by atoms with Gasteiger partial charge in [0.2, 0.25) is 0 Å². The molecule has 0 spiro atoms. The molecule has 0 aromatic rings. The normalized spacial score (nSPS) is 12.7. The molecule has 0 radical (unpaired) electrons. The van der Waals surface area contributed by atoms with Crippen molar-refractivity contribution in [3.63, 3.8) is 0 Å². The highest BCUT2D eigenvalue weighted by Crippen LogP contribution is 2.16. The quantitative estimate of drug-likeness (QED) is 0.0261. The first kappa shape index (κ1) is 73.3. The summed E-state index contributed by atoms with van der Waals surface area (Å²) < 4.78 is 16.9. The number of allylic oxidation sites excluding steroid dienone is 16. The number of ether oxygens (including phenoxy) is 3. The third kappa shape index (κ3) is 63.0. The molecule has 0 N–H and O–H groups in total. The molecule has 77 heavy (non-hydrogen) atoms. The molecule has 0 heterocycles. The third-order valence-electron chi connectivity index (χ3n) is 14.0. The van der Waals surface area contributed by atoms with Gasteiger partial charge in [-0.2, -0.15) is 0 Å². The predicted molar refractivity (Wildman–Crippen MR) is 334 cm³/mol. The second-order valence-electron chi connectivity index (χ2n) is 21.6. The van der Waals surface area contributed by atoms with Crippen LogP contribution in [0.2, 0.25) is 0 Å². The molecule has 0 bridgehead atoms. The average Bonchev–Trinajstić information content (AvgIpc) is 3.43. The molecule has 0 amide bonds. The number of carbonyl (C=O) groups excluding carboxylic acids is 3. The van der Waals surface area contributed by atoms with E-state index >= 15 is 0 Å². The molecule has 0 rings (SSSR count). The zero-order chi connectivity index (χ0) is 55.7. The Bertz CT molecular complexity index is 1510. The van der Waals surface area contributed by atoms with Gasteiger partial charge < -0.3 is 14.2 Å². The molecule has 6 heteroatoms. The highest BCUT2D eigenvalue weighted by atomic mass is 16.6. The number of unbranched alkanes of at least 4 members (excludes halogenated alkanes) is 32. The topological polar surface area (TPSA) is 78.9 Å². The van der Waals surface area contributed by atoms with Crippen molar-refractivity contribution in [1.29, 1.82) is 0 Å². The predicted octanol–water partition coefficient (Wildman–Crippen LogP) is 22.4. The van der Waals surface area contributed by atoms with Crippen molar-refractivity contribution in [3.05, 3.63) is 97.2 Å². The highest BCUT2D eigenvalue weighted by molar-refractivity contribution is 5.71. The average molecular weight is 1070 g/mol. The van der Waals surface area contributed by atoms with Crippen molar-refractivity contribution in [2.24, 2.45) is 0 Å². The van der Waals surface area contributed by atoms with Crippen molar-refractivity contribution in [2.75, 3.05) is 13.2 Å². The molecule has 1 atom stereocenters. The van der Waals surface area contributed by atoms with Crippen LogP contribution in [0.25, 0.3) is 0 Å². The van der Waals surface area contributed by atoms with E-state index in [1.165, 1.54) is 161 Å². The number of carbonyl (C=O) groups is 3. The van der Waals surface area contributed by atoms with Gasteiger partial charge >= 0.3 is 17.9 Å². The van der Waals surface area contributed by atoms with E-state index in [-0.39, 0.29) is 31.1 Å². The summed E-state index contributed by atoms with van der Waals surface area (Å²) in [6.07, 6.45) is 86.9. The summed E-state index contributed by atoms with van der Waals surface area (Å²) in [6, 6.07) is 0. The SMILES string of the molecule is CC/C=C\C/C=C\C/C=C\C/C=C\CCCCCCCCCCCCCCC(=O)OCC(COC(=O)CCCCCCC/C=C\CCCCCCCC)OC(=O)CCCCCCCC/C=C\C/C=C\C/C=C\CCCCC. The van der Waals surface area contributed by atoms with Crippen LogP contribution in [0.4, 0.5) is 0 Å². The molecular weight excluding hydrogens is 949 g/mol. The van der Waals surface area contributed by atoms with Gasteiger partial charge in [-0.25, -0.2) is 0 Å². The molecule has 0 aromatic carbocycles. The molecule has 0 aromatic heterocycles. The zero-order valence-electron chi connectivity index (χ0n) is 50.7. The Kier molecular flexibility index (Phi) is 61.8. The number of hydrogen-bond acceptors (Lipinski definition) is 6. The molecule has 0 aliphatic carbocycles. The maximum absolute atomic E-state index is 12.9. The minimum Gasteiger partial charge on any atom is -0.462 e. The summed E-state index contributed by atoms with van der Waals surface area (Å²) in [7, 11) is 0. The van der Waals surface area contributed by atoms with E-state index < -0.39 is 6.10 Å². The molecule has 0 saturated carbocycles. The molecule has 0 aliphatic rings. The van der Waals surface area contributed by atoms with Crippen LogP contribution in [0.15, 0.2) is 97.2 Å². The van der Waals surface area contributed by atoms with Crippen LogP contribution in [-0.4, -0.2) is 37.2 Å². The molecule has 0 saturated heterocycles. The lowest BCUT2D eigenvalue weighted by Crippen LogP contribution is -2.30. The second-order valence-corrected chi connectivity index (χ2v) is 21.6. The monoisotopic (exact) mass is 1070 g/mol. The fourth-order valence-electron chi connectivity index (χ4n) is 9.14. The number of esters is 3. The molecule has 0 aliphatic heterocycles. The first-order valence-corrected chi connectivity index (χ1v) is 32.7. The molecular formula is C71H122O6. The van der Waals surface area contributed by atoms with Crippen molar-refractivity contribution in [2.45, 2.75) is 322 Å². The lowest BCUT2D eigenvalue weighted by molar-refractivity contribution is -0.167. The Balaban J connectivity index is 4.36. The van der Waals surface area contributed by atoms with Gasteiger partial charge in [0, 0.05) is 19.3 Å². The van der Waals surface area contributed by atoms with Gasteiger partial charge in [0.25, 0.3) is 0 Å². The first-order valence-electron chi connectivity index (χ1n) is 32.7. The Hall–Kier alpha value is -3.67. The Labute approximate surface area is 477 Å². The van der Waals surface area contributed by atoms with Gasteiger partial charge in [0.1, 0.15) is 13.2 Å². The van der Waals surface area contributed by atoms with E-state index in [1.807, 2.05) is 0 Å². The van der Waals surface area contributed by atoms with Crippen LogP contribution < -0.4 is 0 Å². The van der Waals surface area contributed by atoms with E-state index in [0.29, 0.717) is 19.3 Å². The number of hydrogen-bond donors (Lipinski definition) is 0. The van der Waals surface area contributed by atoms with Gasteiger partial charge in [0.15, 0.2) is 6.10 Å². The van der Waals surface area contributed by atoms with Gasteiger partial charge in [0.05, 0.1) is 0 Å². The smallest absolute Gasteiger partial charge is 0.306 e. The summed E-state index contributed by atoms with van der Waals surface area (Å²) in [4.78, 5) is 38.4. The molecule has 0 fully saturated rings. The summed E-state index contributed by atoms with van der Waals surface area (Å²) in [6.45, 7) is 6.50. The fraction of sp³-hybridized carbons (Fsp3) is 0.732. The minimum atomic E-state index is -0.790. The fourth-order valence-corrected chi connectivity index (χ4v) is 9.14. The first-order chi connectivity index (χ1) is 38.0. The minimum absolute atomic E-state index is 0.0855. The van der Waals surface area contributed by atoms with Crippen LogP contribution in [0.1, 0.15) is 316 Å².